The Morgan fingerprint density at radius 2 is 2.11 bits per heavy atom. The number of amides is 1. The van der Waals surface area contributed by atoms with Gasteiger partial charge >= 0.3 is 0 Å². The average molecular weight is 249 g/mol. The van der Waals surface area contributed by atoms with Gasteiger partial charge in [-0.1, -0.05) is 19.9 Å². The van der Waals surface area contributed by atoms with Crippen molar-refractivity contribution in [1.29, 1.82) is 0 Å². The summed E-state index contributed by atoms with van der Waals surface area (Å²) in [4.78, 5) is 13.9. The molecule has 1 aliphatic rings. The van der Waals surface area contributed by atoms with Gasteiger partial charge in [0.05, 0.1) is 18.3 Å². The third kappa shape index (κ3) is 2.34. The summed E-state index contributed by atoms with van der Waals surface area (Å²) < 4.78 is 5.54. The van der Waals surface area contributed by atoms with E-state index in [-0.39, 0.29) is 11.8 Å². The highest BCUT2D eigenvalue weighted by Crippen LogP contribution is 2.34. The predicted molar refractivity (Wildman–Crippen MR) is 69.8 cm³/mol. The van der Waals surface area contributed by atoms with Crippen molar-refractivity contribution in [2.45, 2.75) is 26.9 Å². The molecule has 0 radical (unpaired) electrons. The molecule has 1 heterocycles. The number of nitrogens with zero attached hydrogens (tertiary/aromatic N) is 1. The molecule has 1 N–H and O–H groups in total. The Hall–Kier alpha value is -1.55. The summed E-state index contributed by atoms with van der Waals surface area (Å²) in [6.45, 7) is 6.55. The molecule has 0 spiro atoms. The lowest BCUT2D eigenvalue weighted by atomic mass is 10.1. The van der Waals surface area contributed by atoms with Crippen LogP contribution in [0.1, 0.15) is 32.4 Å². The van der Waals surface area contributed by atoms with Crippen LogP contribution in [0.15, 0.2) is 18.2 Å². The minimum absolute atomic E-state index is 0.0499. The smallest absolute Gasteiger partial charge is 0.229 e. The zero-order valence-electron chi connectivity index (χ0n) is 11.0. The monoisotopic (exact) mass is 249 g/mol. The Morgan fingerprint density at radius 3 is 2.72 bits per heavy atom. The lowest BCUT2D eigenvalue weighted by Gasteiger charge is -2.31. The summed E-state index contributed by atoms with van der Waals surface area (Å²) in [5, 5.41) is 9.62. The topological polar surface area (TPSA) is 49.8 Å². The van der Waals surface area contributed by atoms with Crippen LogP contribution in [0.5, 0.6) is 5.75 Å². The first-order chi connectivity index (χ1) is 8.50. The molecule has 4 heteroatoms. The van der Waals surface area contributed by atoms with E-state index in [0.29, 0.717) is 18.9 Å². The lowest BCUT2D eigenvalue weighted by molar-refractivity contribution is -0.121. The van der Waals surface area contributed by atoms with Gasteiger partial charge in [-0.25, -0.2) is 0 Å². The fraction of sp³-hybridized carbons (Fsp3) is 0.500. The maximum atomic E-state index is 12.1. The highest BCUT2D eigenvalue weighted by Gasteiger charge is 2.25. The molecule has 1 aromatic carbocycles. The third-order valence-corrected chi connectivity index (χ3v) is 3.09. The van der Waals surface area contributed by atoms with Gasteiger partial charge in [-0.3, -0.25) is 4.79 Å². The highest BCUT2D eigenvalue weighted by atomic mass is 16.5. The molecule has 1 amide bonds. The number of hydrogen-bond donors (Lipinski definition) is 1. The summed E-state index contributed by atoms with van der Waals surface area (Å²) in [5.74, 6) is 0.744. The van der Waals surface area contributed by atoms with E-state index in [9.17, 15) is 9.90 Å². The van der Waals surface area contributed by atoms with Gasteiger partial charge in [0, 0.05) is 5.92 Å². The van der Waals surface area contributed by atoms with Crippen LogP contribution < -0.4 is 9.64 Å². The Morgan fingerprint density at radius 1 is 1.39 bits per heavy atom. The summed E-state index contributed by atoms with van der Waals surface area (Å²) >= 11 is 0. The zero-order chi connectivity index (χ0) is 13.3. The quantitative estimate of drug-likeness (QED) is 0.873. The molecule has 1 atom stereocenters. The molecule has 2 rings (SSSR count). The third-order valence-electron chi connectivity index (χ3n) is 3.09. The number of aliphatic hydroxyl groups is 1. The van der Waals surface area contributed by atoms with Crippen LogP contribution in [0.25, 0.3) is 0 Å². The molecule has 4 nitrogen and oxygen atoms in total. The van der Waals surface area contributed by atoms with Crippen molar-refractivity contribution in [3.8, 4) is 5.75 Å². The normalized spacial score (nSPS) is 16.2. The van der Waals surface area contributed by atoms with Crippen molar-refractivity contribution >= 4 is 11.6 Å². The number of benzene rings is 1. The molecule has 1 aliphatic heterocycles. The Labute approximate surface area is 107 Å². The van der Waals surface area contributed by atoms with Crippen LogP contribution in [0.3, 0.4) is 0 Å². The van der Waals surface area contributed by atoms with Crippen LogP contribution in [0, 0.1) is 5.92 Å². The van der Waals surface area contributed by atoms with Crippen molar-refractivity contribution in [2.75, 3.05) is 18.1 Å². The highest BCUT2D eigenvalue weighted by molar-refractivity contribution is 5.96. The molecule has 1 unspecified atom stereocenters. The van der Waals surface area contributed by atoms with Crippen LogP contribution in [-0.2, 0) is 4.79 Å². The number of carbonyl (C=O) groups is 1. The maximum absolute atomic E-state index is 12.1. The molecule has 0 aromatic heterocycles. The van der Waals surface area contributed by atoms with E-state index < -0.39 is 6.10 Å². The van der Waals surface area contributed by atoms with Crippen LogP contribution in [0.4, 0.5) is 5.69 Å². The molecule has 0 saturated carbocycles. The van der Waals surface area contributed by atoms with Gasteiger partial charge in [0.2, 0.25) is 5.91 Å². The second kappa shape index (κ2) is 4.98. The Bertz CT molecular complexity index is 454. The maximum Gasteiger partial charge on any atom is 0.229 e. The summed E-state index contributed by atoms with van der Waals surface area (Å²) in [6.07, 6.45) is -0.548. The molecule has 1 aromatic rings. The number of carbonyl (C=O) groups excluding carboxylic acids is 1. The van der Waals surface area contributed by atoms with E-state index in [0.717, 1.165) is 11.3 Å². The van der Waals surface area contributed by atoms with Gasteiger partial charge in [0.1, 0.15) is 12.4 Å². The number of anilines is 1. The van der Waals surface area contributed by atoms with Gasteiger partial charge in [0.25, 0.3) is 0 Å². The van der Waals surface area contributed by atoms with E-state index in [1.807, 2.05) is 32.0 Å². The van der Waals surface area contributed by atoms with Gasteiger partial charge in [0.15, 0.2) is 0 Å². The lowest BCUT2D eigenvalue weighted by Crippen LogP contribution is -2.40. The summed E-state index contributed by atoms with van der Waals surface area (Å²) in [7, 11) is 0. The minimum Gasteiger partial charge on any atom is -0.490 e. The SMILES string of the molecule is CC(C)C(=O)N1CCOc2ccc(C(C)O)cc21. The zero-order valence-corrected chi connectivity index (χ0v) is 11.0. The molecule has 98 valence electrons. The van der Waals surface area contributed by atoms with Crippen molar-refractivity contribution in [3.63, 3.8) is 0 Å². The van der Waals surface area contributed by atoms with Crippen LogP contribution in [0.2, 0.25) is 0 Å². The second-order valence-corrected chi connectivity index (χ2v) is 4.90. The van der Waals surface area contributed by atoms with Crippen molar-refractivity contribution in [3.05, 3.63) is 23.8 Å². The number of aliphatic hydroxyl groups excluding tert-OH is 1. The van der Waals surface area contributed by atoms with Crippen molar-refractivity contribution in [1.82, 2.24) is 0 Å². The molecule has 0 bridgehead atoms. The standard InChI is InChI=1S/C14H19NO3/c1-9(2)14(17)15-6-7-18-13-5-4-11(10(3)16)8-12(13)15/h4-5,8-10,16H,6-7H2,1-3H3. The number of hydrogen-bond acceptors (Lipinski definition) is 3. The molecule has 0 fully saturated rings. The molecular formula is C14H19NO3. The largest absolute Gasteiger partial charge is 0.490 e. The summed E-state index contributed by atoms with van der Waals surface area (Å²) in [5.41, 5.74) is 1.55. The van der Waals surface area contributed by atoms with Gasteiger partial charge in [-0.15, -0.1) is 0 Å². The fourth-order valence-electron chi connectivity index (χ4n) is 2.04. The summed E-state index contributed by atoms with van der Waals surface area (Å²) in [6, 6.07) is 5.48. The molecule has 0 aliphatic carbocycles. The number of fused-ring (bicyclic) bond motifs is 1. The van der Waals surface area contributed by atoms with Crippen LogP contribution >= 0.6 is 0 Å². The first-order valence-electron chi connectivity index (χ1n) is 6.27. The minimum atomic E-state index is -0.548. The number of rotatable bonds is 2. The van der Waals surface area contributed by atoms with Crippen molar-refractivity contribution in [2.24, 2.45) is 5.92 Å². The van der Waals surface area contributed by atoms with E-state index >= 15 is 0 Å². The first kappa shape index (κ1) is 12.9. The Balaban J connectivity index is 2.40. The number of ether oxygens (including phenoxy) is 1. The van der Waals surface area contributed by atoms with E-state index in [1.165, 1.54) is 0 Å². The second-order valence-electron chi connectivity index (χ2n) is 4.90. The van der Waals surface area contributed by atoms with Gasteiger partial charge in [-0.2, -0.15) is 0 Å². The fourth-order valence-corrected chi connectivity index (χ4v) is 2.04. The van der Waals surface area contributed by atoms with Gasteiger partial charge in [-0.05, 0) is 24.6 Å². The predicted octanol–water partition coefficient (Wildman–Crippen LogP) is 2.12. The average Bonchev–Trinajstić information content (AvgIpc) is 2.36. The van der Waals surface area contributed by atoms with E-state index in [2.05, 4.69) is 0 Å². The van der Waals surface area contributed by atoms with E-state index in [4.69, 9.17) is 4.74 Å². The van der Waals surface area contributed by atoms with Crippen LogP contribution in [-0.4, -0.2) is 24.2 Å². The first-order valence-corrected chi connectivity index (χ1v) is 6.27. The molecular weight excluding hydrogens is 230 g/mol. The molecule has 0 saturated heterocycles. The Kier molecular flexibility index (Phi) is 3.57. The van der Waals surface area contributed by atoms with Crippen molar-refractivity contribution < 1.29 is 14.6 Å². The molecule has 18 heavy (non-hydrogen) atoms. The van der Waals surface area contributed by atoms with Gasteiger partial charge < -0.3 is 14.7 Å². The van der Waals surface area contributed by atoms with E-state index in [1.54, 1.807) is 11.8 Å².